The van der Waals surface area contributed by atoms with Gasteiger partial charge in [-0.15, -0.1) is 0 Å². The summed E-state index contributed by atoms with van der Waals surface area (Å²) in [5, 5.41) is 0. The molecule has 0 heterocycles. The Kier molecular flexibility index (Phi) is 19.2. The lowest BCUT2D eigenvalue weighted by Gasteiger charge is -2.23. The fourth-order valence-corrected chi connectivity index (χ4v) is 3.99. The van der Waals surface area contributed by atoms with Crippen LogP contribution in [-0.4, -0.2) is 12.3 Å². The van der Waals surface area contributed by atoms with E-state index in [1.165, 1.54) is 103 Å². The molecule has 0 aromatic carbocycles. The van der Waals surface area contributed by atoms with Crippen LogP contribution in [0.1, 0.15) is 137 Å². The molecule has 0 aliphatic rings. The van der Waals surface area contributed by atoms with Crippen molar-refractivity contribution in [1.29, 1.82) is 0 Å². The summed E-state index contributed by atoms with van der Waals surface area (Å²) in [6, 6.07) is 0.560. The first-order chi connectivity index (χ1) is 12.7. The molecular weight excluding hydrogens is 314 g/mol. The van der Waals surface area contributed by atoms with Crippen molar-refractivity contribution in [3.8, 4) is 0 Å². The van der Waals surface area contributed by atoms with E-state index in [0.29, 0.717) is 12.0 Å². The highest BCUT2D eigenvalue weighted by atomic mass is 14.8. The topological polar surface area (TPSA) is 12.4 Å². The molecule has 0 aliphatic carbocycles. The Morgan fingerprint density at radius 3 is 1.54 bits per heavy atom. The van der Waals surface area contributed by atoms with Crippen LogP contribution in [0.2, 0.25) is 0 Å². The summed E-state index contributed by atoms with van der Waals surface area (Å²) in [4.78, 5) is 4.91. The lowest BCUT2D eigenvalue weighted by atomic mass is 9.88. The fourth-order valence-electron chi connectivity index (χ4n) is 3.99. The molecule has 0 spiro atoms. The van der Waals surface area contributed by atoms with Crippen LogP contribution in [-0.2, 0) is 0 Å². The van der Waals surface area contributed by atoms with Crippen LogP contribution in [0.25, 0.3) is 0 Å². The maximum Gasteiger partial charge on any atom is 0.0521 e. The molecule has 0 rings (SSSR count). The Morgan fingerprint density at radius 1 is 0.615 bits per heavy atom. The average molecular weight is 366 g/mol. The van der Waals surface area contributed by atoms with Gasteiger partial charge in [0.25, 0.3) is 0 Å². The first-order valence-corrected chi connectivity index (χ1v) is 12.2. The molecule has 0 radical (unpaired) electrons. The molecule has 0 bridgehead atoms. The summed E-state index contributed by atoms with van der Waals surface area (Å²) in [6.07, 6.45) is 24.7. The lowest BCUT2D eigenvalue weighted by Crippen LogP contribution is -2.19. The van der Waals surface area contributed by atoms with Crippen LogP contribution in [0.4, 0.5) is 0 Å². The van der Waals surface area contributed by atoms with E-state index in [2.05, 4.69) is 40.8 Å². The highest BCUT2D eigenvalue weighted by Gasteiger charge is 2.17. The zero-order valence-electron chi connectivity index (χ0n) is 19.1. The Morgan fingerprint density at radius 2 is 1.12 bits per heavy atom. The molecule has 0 saturated carbocycles. The summed E-state index contributed by atoms with van der Waals surface area (Å²) >= 11 is 0. The smallest absolute Gasteiger partial charge is 0.0521 e. The second-order valence-electron chi connectivity index (χ2n) is 8.74. The van der Waals surface area contributed by atoms with E-state index in [9.17, 15) is 0 Å². The number of nitrogens with zero attached hydrogens (tertiary/aromatic N) is 1. The van der Waals surface area contributed by atoms with Crippen molar-refractivity contribution in [1.82, 2.24) is 0 Å². The minimum absolute atomic E-state index is 0.560. The molecule has 2 atom stereocenters. The molecule has 0 aromatic heterocycles. The lowest BCUT2D eigenvalue weighted by molar-refractivity contribution is 0.345. The van der Waals surface area contributed by atoms with Gasteiger partial charge in [-0.1, -0.05) is 118 Å². The Labute approximate surface area is 166 Å². The third kappa shape index (κ3) is 15.9. The zero-order valence-corrected chi connectivity index (χ0v) is 19.1. The normalized spacial score (nSPS) is 14.4. The van der Waals surface area contributed by atoms with Gasteiger partial charge in [0.2, 0.25) is 0 Å². The SMILES string of the molecule is CCCCCCCCCCCCCC[C@@H](CCC)C(CC)/N=C/C(C)C. The number of aliphatic imine (C=N–C) groups is 1. The van der Waals surface area contributed by atoms with Crippen LogP contribution in [0.5, 0.6) is 0 Å². The van der Waals surface area contributed by atoms with Gasteiger partial charge in [0, 0.05) is 6.21 Å². The predicted octanol–water partition coefficient (Wildman–Crippen LogP) is 9.00. The summed E-state index contributed by atoms with van der Waals surface area (Å²) in [7, 11) is 0. The number of hydrogen-bond donors (Lipinski definition) is 0. The van der Waals surface area contributed by atoms with E-state index >= 15 is 0 Å². The van der Waals surface area contributed by atoms with Gasteiger partial charge in [-0.25, -0.2) is 0 Å². The fraction of sp³-hybridized carbons (Fsp3) is 0.960. The molecule has 1 heteroatoms. The van der Waals surface area contributed by atoms with Crippen LogP contribution in [0.15, 0.2) is 4.99 Å². The van der Waals surface area contributed by atoms with Gasteiger partial charge < -0.3 is 0 Å². The highest BCUT2D eigenvalue weighted by molar-refractivity contribution is 5.59. The maximum absolute atomic E-state index is 4.91. The molecule has 0 saturated heterocycles. The second kappa shape index (κ2) is 19.4. The van der Waals surface area contributed by atoms with Gasteiger partial charge in [0.15, 0.2) is 0 Å². The average Bonchev–Trinajstić information content (AvgIpc) is 2.62. The second-order valence-corrected chi connectivity index (χ2v) is 8.74. The van der Waals surface area contributed by atoms with Crippen LogP contribution in [0.3, 0.4) is 0 Å². The van der Waals surface area contributed by atoms with E-state index in [1.54, 1.807) is 0 Å². The van der Waals surface area contributed by atoms with Crippen molar-refractivity contribution in [2.45, 2.75) is 143 Å². The molecule has 1 nitrogen and oxygen atoms in total. The Hall–Kier alpha value is -0.330. The van der Waals surface area contributed by atoms with Crippen molar-refractivity contribution in [2.75, 3.05) is 0 Å². The molecule has 0 aromatic rings. The van der Waals surface area contributed by atoms with Crippen molar-refractivity contribution in [3.63, 3.8) is 0 Å². The van der Waals surface area contributed by atoms with Crippen LogP contribution >= 0.6 is 0 Å². The first-order valence-electron chi connectivity index (χ1n) is 12.2. The molecule has 0 N–H and O–H groups in total. The number of rotatable bonds is 19. The predicted molar refractivity (Wildman–Crippen MR) is 122 cm³/mol. The van der Waals surface area contributed by atoms with Gasteiger partial charge in [-0.2, -0.15) is 0 Å². The van der Waals surface area contributed by atoms with E-state index in [4.69, 9.17) is 4.99 Å². The summed E-state index contributed by atoms with van der Waals surface area (Å²) < 4.78 is 0. The molecule has 1 unspecified atom stereocenters. The van der Waals surface area contributed by atoms with E-state index < -0.39 is 0 Å². The Balaban J connectivity index is 3.73. The van der Waals surface area contributed by atoms with Gasteiger partial charge in [-0.3, -0.25) is 4.99 Å². The number of hydrogen-bond acceptors (Lipinski definition) is 1. The third-order valence-electron chi connectivity index (χ3n) is 5.63. The molecular formula is C25H51N. The van der Waals surface area contributed by atoms with Gasteiger partial charge in [-0.05, 0) is 31.1 Å². The maximum atomic E-state index is 4.91. The third-order valence-corrected chi connectivity index (χ3v) is 5.63. The van der Waals surface area contributed by atoms with Gasteiger partial charge in [0.05, 0.1) is 6.04 Å². The molecule has 156 valence electrons. The van der Waals surface area contributed by atoms with Crippen LogP contribution < -0.4 is 0 Å². The van der Waals surface area contributed by atoms with E-state index in [1.807, 2.05) is 0 Å². The monoisotopic (exact) mass is 365 g/mol. The van der Waals surface area contributed by atoms with Gasteiger partial charge in [0.1, 0.15) is 0 Å². The van der Waals surface area contributed by atoms with Crippen LogP contribution in [0, 0.1) is 11.8 Å². The van der Waals surface area contributed by atoms with E-state index in [0.717, 1.165) is 5.92 Å². The largest absolute Gasteiger partial charge is 0.294 e. The van der Waals surface area contributed by atoms with E-state index in [-0.39, 0.29) is 0 Å². The summed E-state index contributed by atoms with van der Waals surface area (Å²) in [6.45, 7) is 11.4. The molecule has 26 heavy (non-hydrogen) atoms. The molecule has 0 amide bonds. The van der Waals surface area contributed by atoms with Crippen molar-refractivity contribution in [3.05, 3.63) is 0 Å². The minimum Gasteiger partial charge on any atom is -0.294 e. The highest BCUT2D eigenvalue weighted by Crippen LogP contribution is 2.24. The number of unbranched alkanes of at least 4 members (excludes halogenated alkanes) is 11. The summed E-state index contributed by atoms with van der Waals surface area (Å²) in [5.41, 5.74) is 0. The Bertz CT molecular complexity index is 295. The molecule has 0 aliphatic heterocycles. The van der Waals surface area contributed by atoms with Gasteiger partial charge >= 0.3 is 0 Å². The quantitative estimate of drug-likeness (QED) is 0.160. The van der Waals surface area contributed by atoms with Crippen molar-refractivity contribution in [2.24, 2.45) is 16.8 Å². The summed E-state index contributed by atoms with van der Waals surface area (Å²) in [5.74, 6) is 1.39. The minimum atomic E-state index is 0.560. The first kappa shape index (κ1) is 25.7. The molecule has 0 fully saturated rings. The zero-order chi connectivity index (χ0) is 19.5. The standard InChI is InChI=1S/C25H51N/c1-6-9-10-11-12-13-14-15-16-17-18-19-21-24(20-7-2)25(8-3)26-22-23(4)5/h22-25H,6-21H2,1-5H3/b26-22+/t24-,25?/m1/s1. The van der Waals surface area contributed by atoms with Crippen molar-refractivity contribution < 1.29 is 0 Å². The van der Waals surface area contributed by atoms with Crippen molar-refractivity contribution >= 4 is 6.21 Å².